The molecule has 1 atom stereocenters. The fourth-order valence-corrected chi connectivity index (χ4v) is 3.73. The second-order valence-electron chi connectivity index (χ2n) is 5.00. The van der Waals surface area contributed by atoms with Crippen LogP contribution >= 0.6 is 0 Å². The number of nitrogens with one attached hydrogen (secondary N) is 1. The molecule has 1 rings (SSSR count). The van der Waals surface area contributed by atoms with E-state index in [9.17, 15) is 18.5 Å². The first-order valence-electron chi connectivity index (χ1n) is 7.08. The van der Waals surface area contributed by atoms with Gasteiger partial charge in [-0.1, -0.05) is 25.5 Å². The standard InChI is InChI=1S/C14H22N2O4S/c1-3-15-12(2)8-6-7-11-21(19,20)14-10-5-4-9-13(14)16(17)18/h4-5,9-10,12,15H,3,6-8,11H2,1-2H3. The molecule has 1 N–H and O–H groups in total. The van der Waals surface area contributed by atoms with Crippen molar-refractivity contribution in [1.29, 1.82) is 0 Å². The zero-order chi connectivity index (χ0) is 15.9. The molecule has 0 amide bonds. The summed E-state index contributed by atoms with van der Waals surface area (Å²) in [5.41, 5.74) is -0.349. The Kier molecular flexibility index (Phi) is 6.77. The summed E-state index contributed by atoms with van der Waals surface area (Å²) in [6, 6.07) is 5.85. The van der Waals surface area contributed by atoms with Crippen molar-refractivity contribution in [3.63, 3.8) is 0 Å². The Morgan fingerprint density at radius 3 is 2.57 bits per heavy atom. The Morgan fingerprint density at radius 2 is 1.95 bits per heavy atom. The van der Waals surface area contributed by atoms with Crippen LogP contribution in [0.3, 0.4) is 0 Å². The van der Waals surface area contributed by atoms with E-state index in [2.05, 4.69) is 12.2 Å². The van der Waals surface area contributed by atoms with Crippen LogP contribution in [0.5, 0.6) is 0 Å². The minimum absolute atomic E-state index is 0.0588. The molecule has 118 valence electrons. The third kappa shape index (κ3) is 5.43. The molecule has 1 aromatic rings. The van der Waals surface area contributed by atoms with Crippen LogP contribution in [0.25, 0.3) is 0 Å². The molecule has 21 heavy (non-hydrogen) atoms. The fourth-order valence-electron chi connectivity index (χ4n) is 2.17. The maximum Gasteiger partial charge on any atom is 0.287 e. The van der Waals surface area contributed by atoms with Crippen LogP contribution in [-0.2, 0) is 9.84 Å². The summed E-state index contributed by atoms with van der Waals surface area (Å²) < 4.78 is 24.4. The Morgan fingerprint density at radius 1 is 1.29 bits per heavy atom. The largest absolute Gasteiger partial charge is 0.315 e. The highest BCUT2D eigenvalue weighted by atomic mass is 32.2. The number of para-hydroxylation sites is 1. The lowest BCUT2D eigenvalue weighted by molar-refractivity contribution is -0.387. The molecule has 0 saturated carbocycles. The monoisotopic (exact) mass is 314 g/mol. The van der Waals surface area contributed by atoms with Crippen LogP contribution in [-0.4, -0.2) is 31.7 Å². The van der Waals surface area contributed by atoms with Gasteiger partial charge in [0, 0.05) is 12.1 Å². The number of sulfone groups is 1. The van der Waals surface area contributed by atoms with Crippen LogP contribution in [0.1, 0.15) is 33.1 Å². The van der Waals surface area contributed by atoms with E-state index in [1.54, 1.807) is 0 Å². The molecule has 0 aliphatic carbocycles. The second-order valence-corrected chi connectivity index (χ2v) is 7.08. The third-order valence-corrected chi connectivity index (χ3v) is 5.09. The van der Waals surface area contributed by atoms with E-state index >= 15 is 0 Å². The lowest BCUT2D eigenvalue weighted by atomic mass is 10.1. The van der Waals surface area contributed by atoms with E-state index in [1.165, 1.54) is 24.3 Å². The van der Waals surface area contributed by atoms with E-state index < -0.39 is 14.8 Å². The van der Waals surface area contributed by atoms with Crippen molar-refractivity contribution in [3.05, 3.63) is 34.4 Å². The minimum Gasteiger partial charge on any atom is -0.315 e. The van der Waals surface area contributed by atoms with E-state index in [-0.39, 0.29) is 16.3 Å². The Bertz CT molecular complexity index is 572. The molecule has 0 radical (unpaired) electrons. The summed E-state index contributed by atoms with van der Waals surface area (Å²) in [6.07, 6.45) is 2.17. The molecule has 1 unspecified atom stereocenters. The van der Waals surface area contributed by atoms with Crippen LogP contribution in [0, 0.1) is 10.1 Å². The Hall–Kier alpha value is -1.47. The predicted molar refractivity (Wildman–Crippen MR) is 82.1 cm³/mol. The zero-order valence-corrected chi connectivity index (χ0v) is 13.2. The van der Waals surface area contributed by atoms with Crippen LogP contribution in [0.15, 0.2) is 29.2 Å². The van der Waals surface area contributed by atoms with Crippen molar-refractivity contribution < 1.29 is 13.3 Å². The first-order chi connectivity index (χ1) is 9.88. The first kappa shape index (κ1) is 17.6. The quantitative estimate of drug-likeness (QED) is 0.430. The SMILES string of the molecule is CCNC(C)CCCCS(=O)(=O)c1ccccc1[N+](=O)[O-]. The summed E-state index contributed by atoms with van der Waals surface area (Å²) in [5, 5.41) is 14.2. The zero-order valence-electron chi connectivity index (χ0n) is 12.4. The molecule has 0 aliphatic rings. The topological polar surface area (TPSA) is 89.3 Å². The van der Waals surface area contributed by atoms with Crippen molar-refractivity contribution in [3.8, 4) is 0 Å². The number of hydrogen-bond acceptors (Lipinski definition) is 5. The smallest absolute Gasteiger partial charge is 0.287 e. The third-order valence-electron chi connectivity index (χ3n) is 3.25. The molecule has 0 spiro atoms. The molecule has 7 heteroatoms. The molecule has 0 fully saturated rings. The van der Waals surface area contributed by atoms with E-state index in [1.807, 2.05) is 6.92 Å². The molecule has 0 aromatic heterocycles. The molecule has 0 bridgehead atoms. The van der Waals surface area contributed by atoms with Gasteiger partial charge in [0.1, 0.15) is 4.90 Å². The molecule has 6 nitrogen and oxygen atoms in total. The lowest BCUT2D eigenvalue weighted by Crippen LogP contribution is -2.25. The van der Waals surface area contributed by atoms with E-state index in [4.69, 9.17) is 0 Å². The van der Waals surface area contributed by atoms with Crippen LogP contribution in [0.4, 0.5) is 5.69 Å². The van der Waals surface area contributed by atoms with Gasteiger partial charge in [-0.15, -0.1) is 0 Å². The number of unbranched alkanes of at least 4 members (excludes halogenated alkanes) is 1. The van der Waals surface area contributed by atoms with Gasteiger partial charge < -0.3 is 5.32 Å². The van der Waals surface area contributed by atoms with Gasteiger partial charge in [-0.05, 0) is 32.4 Å². The van der Waals surface area contributed by atoms with Gasteiger partial charge in [-0.25, -0.2) is 8.42 Å². The summed E-state index contributed by atoms with van der Waals surface area (Å²) >= 11 is 0. The Balaban J connectivity index is 2.64. The van der Waals surface area contributed by atoms with Crippen molar-refractivity contribution in [1.82, 2.24) is 5.32 Å². The number of benzene rings is 1. The van der Waals surface area contributed by atoms with Crippen molar-refractivity contribution in [2.45, 2.75) is 44.0 Å². The molecule has 1 aromatic carbocycles. The molecule has 0 heterocycles. The van der Waals surface area contributed by atoms with Crippen molar-refractivity contribution in [2.75, 3.05) is 12.3 Å². The summed E-state index contributed by atoms with van der Waals surface area (Å²) in [4.78, 5) is 10.1. The molecule has 0 saturated heterocycles. The highest BCUT2D eigenvalue weighted by Crippen LogP contribution is 2.24. The molecule has 0 aliphatic heterocycles. The summed E-state index contributed by atoms with van der Waals surface area (Å²) in [7, 11) is -3.61. The van der Waals surface area contributed by atoms with E-state index in [0.29, 0.717) is 12.5 Å². The van der Waals surface area contributed by atoms with Crippen molar-refractivity contribution >= 4 is 15.5 Å². The number of nitro benzene ring substituents is 1. The minimum atomic E-state index is -3.61. The molecular weight excluding hydrogens is 292 g/mol. The number of rotatable bonds is 9. The Labute approximate surface area is 125 Å². The molecular formula is C14H22N2O4S. The number of nitro groups is 1. The fraction of sp³-hybridized carbons (Fsp3) is 0.571. The highest BCUT2D eigenvalue weighted by Gasteiger charge is 2.24. The van der Waals surface area contributed by atoms with Gasteiger partial charge in [-0.2, -0.15) is 0 Å². The second kappa shape index (κ2) is 8.09. The van der Waals surface area contributed by atoms with Gasteiger partial charge in [-0.3, -0.25) is 10.1 Å². The number of hydrogen-bond donors (Lipinski definition) is 1. The van der Waals surface area contributed by atoms with Crippen LogP contribution in [0.2, 0.25) is 0 Å². The normalized spacial score (nSPS) is 13.0. The first-order valence-corrected chi connectivity index (χ1v) is 8.73. The lowest BCUT2D eigenvalue weighted by Gasteiger charge is -2.11. The number of nitrogens with zero attached hydrogens (tertiary/aromatic N) is 1. The van der Waals surface area contributed by atoms with Crippen LogP contribution < -0.4 is 5.32 Å². The van der Waals surface area contributed by atoms with E-state index in [0.717, 1.165) is 19.4 Å². The maximum absolute atomic E-state index is 12.2. The van der Waals surface area contributed by atoms with Gasteiger partial charge in [0.05, 0.1) is 10.7 Å². The predicted octanol–water partition coefficient (Wildman–Crippen LogP) is 2.54. The summed E-state index contributed by atoms with van der Waals surface area (Å²) in [5.74, 6) is -0.0588. The maximum atomic E-state index is 12.2. The average molecular weight is 314 g/mol. The van der Waals surface area contributed by atoms with Gasteiger partial charge >= 0.3 is 0 Å². The average Bonchev–Trinajstić information content (AvgIpc) is 2.44. The van der Waals surface area contributed by atoms with Gasteiger partial charge in [0.15, 0.2) is 9.84 Å². The van der Waals surface area contributed by atoms with Gasteiger partial charge in [0.25, 0.3) is 5.69 Å². The summed E-state index contributed by atoms with van der Waals surface area (Å²) in [6.45, 7) is 4.96. The van der Waals surface area contributed by atoms with Gasteiger partial charge in [0.2, 0.25) is 0 Å². The highest BCUT2D eigenvalue weighted by molar-refractivity contribution is 7.91. The van der Waals surface area contributed by atoms with Crippen molar-refractivity contribution in [2.24, 2.45) is 0 Å².